The van der Waals surface area contributed by atoms with E-state index in [0.29, 0.717) is 29.6 Å². The molecule has 0 aliphatic carbocycles. The normalized spacial score (nSPS) is 15.6. The van der Waals surface area contributed by atoms with E-state index in [1.54, 1.807) is 36.3 Å². The van der Waals surface area contributed by atoms with Gasteiger partial charge in [0.2, 0.25) is 5.91 Å². The van der Waals surface area contributed by atoms with Crippen molar-refractivity contribution in [2.24, 2.45) is 0 Å². The second-order valence-electron chi connectivity index (χ2n) is 7.80. The second kappa shape index (κ2) is 10.3. The van der Waals surface area contributed by atoms with Crippen LogP contribution in [0.2, 0.25) is 0 Å². The van der Waals surface area contributed by atoms with Gasteiger partial charge in [-0.3, -0.25) is 14.5 Å². The minimum absolute atomic E-state index is 0.00310. The predicted octanol–water partition coefficient (Wildman–Crippen LogP) is 4.22. The van der Waals surface area contributed by atoms with Crippen molar-refractivity contribution >= 4 is 34.8 Å². The molecule has 1 N–H and O–H groups in total. The van der Waals surface area contributed by atoms with E-state index in [9.17, 15) is 9.59 Å². The average Bonchev–Trinajstić information content (AvgIpc) is 3.05. The van der Waals surface area contributed by atoms with Crippen LogP contribution in [0.3, 0.4) is 0 Å². The number of rotatable bonds is 8. The van der Waals surface area contributed by atoms with Gasteiger partial charge in [0.05, 0.1) is 20.1 Å². The highest BCUT2D eigenvalue weighted by Gasteiger charge is 2.43. The Labute approximate surface area is 198 Å². The van der Waals surface area contributed by atoms with E-state index in [0.717, 1.165) is 11.1 Å². The number of amides is 2. The smallest absolute Gasteiger partial charge is 0.252 e. The van der Waals surface area contributed by atoms with Crippen LogP contribution in [0.1, 0.15) is 17.5 Å². The maximum Gasteiger partial charge on any atom is 0.252 e. The quantitative estimate of drug-likeness (QED) is 0.511. The van der Waals surface area contributed by atoms with Crippen LogP contribution in [-0.4, -0.2) is 39.9 Å². The first-order chi connectivity index (χ1) is 16.0. The lowest BCUT2D eigenvalue weighted by Gasteiger charge is -2.24. The van der Waals surface area contributed by atoms with E-state index in [2.05, 4.69) is 5.32 Å². The molecule has 0 saturated carbocycles. The first-order valence-corrected chi connectivity index (χ1v) is 11.1. The molecule has 1 atom stereocenters. The highest BCUT2D eigenvalue weighted by molar-refractivity contribution is 7.80. The summed E-state index contributed by atoms with van der Waals surface area (Å²) in [4.78, 5) is 29.7. The van der Waals surface area contributed by atoms with E-state index in [1.165, 1.54) is 0 Å². The van der Waals surface area contributed by atoms with Gasteiger partial charge in [0.25, 0.3) is 5.91 Å². The first-order valence-electron chi connectivity index (χ1n) is 10.7. The van der Waals surface area contributed by atoms with Crippen molar-refractivity contribution in [3.8, 4) is 5.75 Å². The molecule has 0 radical (unpaired) electrons. The first kappa shape index (κ1) is 22.5. The molecule has 1 aliphatic heterocycles. The van der Waals surface area contributed by atoms with E-state index in [1.807, 2.05) is 65.6 Å². The minimum atomic E-state index is -0.667. The van der Waals surface area contributed by atoms with Crippen molar-refractivity contribution in [3.05, 3.63) is 96.1 Å². The van der Waals surface area contributed by atoms with Gasteiger partial charge in [-0.15, -0.1) is 0 Å². The van der Waals surface area contributed by atoms with Gasteiger partial charge in [0, 0.05) is 12.2 Å². The molecule has 1 aliphatic rings. The molecule has 1 heterocycles. The molecule has 0 aromatic heterocycles. The zero-order valence-electron chi connectivity index (χ0n) is 18.3. The summed E-state index contributed by atoms with van der Waals surface area (Å²) in [5, 5.41) is 3.31. The van der Waals surface area contributed by atoms with Gasteiger partial charge in [-0.25, -0.2) is 0 Å². The lowest BCUT2D eigenvalue weighted by molar-refractivity contribution is -0.131. The van der Waals surface area contributed by atoms with Crippen molar-refractivity contribution < 1.29 is 14.3 Å². The summed E-state index contributed by atoms with van der Waals surface area (Å²) in [7, 11) is 1.59. The van der Waals surface area contributed by atoms with Crippen molar-refractivity contribution in [1.82, 2.24) is 9.80 Å². The van der Waals surface area contributed by atoms with E-state index in [4.69, 9.17) is 17.0 Å². The summed E-state index contributed by atoms with van der Waals surface area (Å²) in [5.74, 6) is 0.292. The Morgan fingerprint density at radius 3 is 2.06 bits per heavy atom. The Morgan fingerprint density at radius 2 is 1.48 bits per heavy atom. The van der Waals surface area contributed by atoms with E-state index in [-0.39, 0.29) is 18.2 Å². The van der Waals surface area contributed by atoms with Crippen LogP contribution >= 0.6 is 12.2 Å². The molecular formula is C26H25N3O3S. The fourth-order valence-electron chi connectivity index (χ4n) is 3.82. The summed E-state index contributed by atoms with van der Waals surface area (Å²) < 4.78 is 5.16. The fraction of sp³-hybridized carbons (Fsp3) is 0.192. The zero-order valence-corrected chi connectivity index (χ0v) is 19.1. The number of carbonyl (C=O) groups excluding carboxylic acids is 2. The summed E-state index contributed by atoms with van der Waals surface area (Å²) in [5.41, 5.74) is 2.65. The van der Waals surface area contributed by atoms with Crippen LogP contribution in [0.25, 0.3) is 0 Å². The van der Waals surface area contributed by atoms with Crippen molar-refractivity contribution in [3.63, 3.8) is 0 Å². The highest BCUT2D eigenvalue weighted by atomic mass is 32.1. The average molecular weight is 460 g/mol. The number of nitrogens with one attached hydrogen (secondary N) is 1. The van der Waals surface area contributed by atoms with Crippen molar-refractivity contribution in [2.75, 3.05) is 12.4 Å². The molecule has 168 valence electrons. The summed E-state index contributed by atoms with van der Waals surface area (Å²) in [6.07, 6.45) is 0.00310. The molecule has 7 heteroatoms. The Morgan fingerprint density at radius 1 is 0.909 bits per heavy atom. The van der Waals surface area contributed by atoms with Crippen LogP contribution < -0.4 is 10.1 Å². The molecule has 6 nitrogen and oxygen atoms in total. The second-order valence-corrected chi connectivity index (χ2v) is 8.17. The summed E-state index contributed by atoms with van der Waals surface area (Å²) >= 11 is 5.71. The summed E-state index contributed by atoms with van der Waals surface area (Å²) in [6, 6.07) is 25.9. The third-order valence-corrected chi connectivity index (χ3v) is 5.99. The molecule has 33 heavy (non-hydrogen) atoms. The van der Waals surface area contributed by atoms with E-state index >= 15 is 0 Å². The molecule has 0 unspecified atom stereocenters. The number of anilines is 1. The molecule has 3 aromatic rings. The Balaban J connectivity index is 1.53. The molecule has 2 amide bonds. The molecule has 0 bridgehead atoms. The lowest BCUT2D eigenvalue weighted by atomic mass is 10.1. The maximum absolute atomic E-state index is 13.4. The zero-order chi connectivity index (χ0) is 23.2. The molecule has 4 rings (SSSR count). The Bertz CT molecular complexity index is 1120. The van der Waals surface area contributed by atoms with Crippen LogP contribution in [0.15, 0.2) is 84.9 Å². The predicted molar refractivity (Wildman–Crippen MR) is 132 cm³/mol. The number of ether oxygens (including phenoxy) is 1. The van der Waals surface area contributed by atoms with E-state index < -0.39 is 6.04 Å². The van der Waals surface area contributed by atoms with Crippen LogP contribution in [0.4, 0.5) is 5.69 Å². The molecule has 1 saturated heterocycles. The van der Waals surface area contributed by atoms with Crippen LogP contribution in [0, 0.1) is 0 Å². The minimum Gasteiger partial charge on any atom is -0.497 e. The maximum atomic E-state index is 13.4. The number of hydrogen-bond donors (Lipinski definition) is 1. The molecular weight excluding hydrogens is 434 g/mol. The number of thiocarbonyl (C=S) groups is 1. The van der Waals surface area contributed by atoms with Gasteiger partial charge in [0.1, 0.15) is 11.8 Å². The number of nitrogens with zero attached hydrogens (tertiary/aromatic N) is 2. The fourth-order valence-corrected chi connectivity index (χ4v) is 4.17. The monoisotopic (exact) mass is 459 g/mol. The Hall–Kier alpha value is -3.71. The van der Waals surface area contributed by atoms with Gasteiger partial charge in [0.15, 0.2) is 5.11 Å². The number of methoxy groups -OCH3 is 1. The summed E-state index contributed by atoms with van der Waals surface area (Å²) in [6.45, 7) is 0.831. The molecule has 3 aromatic carbocycles. The largest absolute Gasteiger partial charge is 0.497 e. The molecule has 0 spiro atoms. The Kier molecular flexibility index (Phi) is 7.00. The third-order valence-electron chi connectivity index (χ3n) is 5.54. The number of hydrogen-bond acceptors (Lipinski definition) is 4. The standard InChI is InChI=1S/C26H25N3O3S/c1-32-22-14-12-21(13-15-22)27-24(30)16-23-25(31)29(18-20-10-6-3-7-11-20)26(33)28(23)17-19-8-4-2-5-9-19/h2-15,23H,16-18H2,1H3,(H,27,30)/t23-/m0/s1. The third kappa shape index (κ3) is 5.38. The lowest BCUT2D eigenvalue weighted by Crippen LogP contribution is -2.37. The van der Waals surface area contributed by atoms with Gasteiger partial charge < -0.3 is 15.0 Å². The number of carbonyl (C=O) groups is 2. The van der Waals surface area contributed by atoms with Gasteiger partial charge >= 0.3 is 0 Å². The van der Waals surface area contributed by atoms with Gasteiger partial charge in [-0.2, -0.15) is 0 Å². The molecule has 1 fully saturated rings. The van der Waals surface area contributed by atoms with Crippen molar-refractivity contribution in [2.45, 2.75) is 25.6 Å². The van der Waals surface area contributed by atoms with Crippen molar-refractivity contribution in [1.29, 1.82) is 0 Å². The van der Waals surface area contributed by atoms with Crippen LogP contribution in [0.5, 0.6) is 5.75 Å². The SMILES string of the molecule is COc1ccc(NC(=O)C[C@H]2C(=O)N(Cc3ccccc3)C(=S)N2Cc2ccccc2)cc1. The topological polar surface area (TPSA) is 61.9 Å². The van der Waals surface area contributed by atoms with Gasteiger partial charge in [-0.05, 0) is 47.6 Å². The van der Waals surface area contributed by atoms with Gasteiger partial charge in [-0.1, -0.05) is 60.7 Å². The van der Waals surface area contributed by atoms with Crippen LogP contribution in [-0.2, 0) is 22.7 Å². The number of benzene rings is 3. The highest BCUT2D eigenvalue weighted by Crippen LogP contribution is 2.26.